The van der Waals surface area contributed by atoms with Crippen molar-refractivity contribution in [1.29, 1.82) is 0 Å². The molecule has 0 bridgehead atoms. The van der Waals surface area contributed by atoms with Crippen molar-refractivity contribution in [2.45, 2.75) is 193 Å². The molecule has 0 radical (unpaired) electrons. The number of amides is 1. The van der Waals surface area contributed by atoms with Gasteiger partial charge in [-0.15, -0.1) is 0 Å². The Morgan fingerprint density at radius 2 is 1.12 bits per heavy atom. The van der Waals surface area contributed by atoms with Gasteiger partial charge in [0.15, 0.2) is 0 Å². The predicted molar refractivity (Wildman–Crippen MR) is 218 cm³/mol. The standard InChI is InChI=1S/C45H77NO5/c1-4-7-10-13-16-19-21-22-24-26-29-32-35-38-45(50)51-41(36-33-30-27-18-15-12-9-6-3)39-44(49)46-42(40-47)43(48)37-34-31-28-25-23-20-17-14-11-8-5-2/h7,10,12-13,15-16,19,21-22,24,26,29,41-43,47-48H,4-6,8-9,11,14,17-18,20,23,25,27-28,30-40H2,1-3H3,(H,46,49)/b10-7+,15-12-,16-13+,21-19-,24-22-,29-26+. The zero-order valence-electron chi connectivity index (χ0n) is 33.0. The molecule has 292 valence electrons. The molecule has 0 rings (SSSR count). The molecule has 3 atom stereocenters. The number of aliphatic hydroxyl groups is 2. The van der Waals surface area contributed by atoms with E-state index in [1.54, 1.807) is 0 Å². The van der Waals surface area contributed by atoms with E-state index >= 15 is 0 Å². The van der Waals surface area contributed by atoms with Crippen LogP contribution in [0, 0.1) is 0 Å². The van der Waals surface area contributed by atoms with Gasteiger partial charge in [0, 0.05) is 6.42 Å². The van der Waals surface area contributed by atoms with Crippen molar-refractivity contribution < 1.29 is 24.5 Å². The zero-order valence-corrected chi connectivity index (χ0v) is 33.0. The molecule has 0 saturated heterocycles. The third-order valence-corrected chi connectivity index (χ3v) is 8.88. The van der Waals surface area contributed by atoms with Crippen molar-refractivity contribution in [1.82, 2.24) is 5.32 Å². The molecule has 0 heterocycles. The molecule has 0 aliphatic rings. The molecule has 0 aliphatic heterocycles. The number of esters is 1. The van der Waals surface area contributed by atoms with Crippen LogP contribution in [0.15, 0.2) is 72.9 Å². The number of rotatable bonds is 35. The highest BCUT2D eigenvalue weighted by molar-refractivity contribution is 5.77. The van der Waals surface area contributed by atoms with Crippen LogP contribution in [0.5, 0.6) is 0 Å². The van der Waals surface area contributed by atoms with Crippen LogP contribution in [-0.2, 0) is 14.3 Å². The maximum atomic E-state index is 13.0. The first-order valence-electron chi connectivity index (χ1n) is 20.7. The Balaban J connectivity index is 4.69. The number of unbranched alkanes of at least 4 members (excludes halogenated alkanes) is 15. The maximum absolute atomic E-state index is 13.0. The Kier molecular flexibility index (Phi) is 36.5. The van der Waals surface area contributed by atoms with Gasteiger partial charge in [0.25, 0.3) is 0 Å². The first kappa shape index (κ1) is 48.3. The Hall–Kier alpha value is -2.70. The van der Waals surface area contributed by atoms with Gasteiger partial charge in [0.1, 0.15) is 6.10 Å². The third-order valence-electron chi connectivity index (χ3n) is 8.88. The van der Waals surface area contributed by atoms with Crippen LogP contribution in [0.2, 0.25) is 0 Å². The summed E-state index contributed by atoms with van der Waals surface area (Å²) < 4.78 is 5.81. The molecular weight excluding hydrogens is 634 g/mol. The van der Waals surface area contributed by atoms with E-state index in [1.165, 1.54) is 51.4 Å². The molecule has 0 saturated carbocycles. The van der Waals surface area contributed by atoms with Crippen LogP contribution in [0.25, 0.3) is 0 Å². The summed E-state index contributed by atoms with van der Waals surface area (Å²) in [7, 11) is 0. The molecule has 0 aromatic rings. The lowest BCUT2D eigenvalue weighted by Gasteiger charge is -2.24. The summed E-state index contributed by atoms with van der Waals surface area (Å²) in [6.07, 6.45) is 46.9. The van der Waals surface area contributed by atoms with Gasteiger partial charge >= 0.3 is 5.97 Å². The van der Waals surface area contributed by atoms with Gasteiger partial charge < -0.3 is 20.3 Å². The minimum atomic E-state index is -0.803. The highest BCUT2D eigenvalue weighted by Gasteiger charge is 2.24. The van der Waals surface area contributed by atoms with E-state index in [4.69, 9.17) is 4.74 Å². The first-order valence-corrected chi connectivity index (χ1v) is 20.7. The fourth-order valence-electron chi connectivity index (χ4n) is 5.75. The molecule has 0 spiro atoms. The summed E-state index contributed by atoms with van der Waals surface area (Å²) >= 11 is 0. The van der Waals surface area contributed by atoms with Gasteiger partial charge in [0.05, 0.1) is 25.2 Å². The Morgan fingerprint density at radius 3 is 1.73 bits per heavy atom. The van der Waals surface area contributed by atoms with Crippen molar-refractivity contribution in [2.24, 2.45) is 0 Å². The van der Waals surface area contributed by atoms with E-state index < -0.39 is 18.2 Å². The maximum Gasteiger partial charge on any atom is 0.306 e. The van der Waals surface area contributed by atoms with Crippen molar-refractivity contribution >= 4 is 11.9 Å². The molecule has 3 N–H and O–H groups in total. The third kappa shape index (κ3) is 34.2. The molecule has 3 unspecified atom stereocenters. The molecule has 0 aromatic heterocycles. The molecule has 51 heavy (non-hydrogen) atoms. The lowest BCUT2D eigenvalue weighted by Crippen LogP contribution is -2.46. The second kappa shape index (κ2) is 38.5. The minimum absolute atomic E-state index is 0.0338. The van der Waals surface area contributed by atoms with Gasteiger partial charge in [-0.2, -0.15) is 0 Å². The van der Waals surface area contributed by atoms with Crippen molar-refractivity contribution in [3.8, 4) is 0 Å². The van der Waals surface area contributed by atoms with Crippen LogP contribution < -0.4 is 5.32 Å². The quantitative estimate of drug-likeness (QED) is 0.0263. The Bertz CT molecular complexity index is 979. The highest BCUT2D eigenvalue weighted by Crippen LogP contribution is 2.16. The Morgan fingerprint density at radius 1 is 0.588 bits per heavy atom. The lowest BCUT2D eigenvalue weighted by atomic mass is 10.0. The van der Waals surface area contributed by atoms with Gasteiger partial charge in [-0.1, -0.05) is 177 Å². The molecule has 6 heteroatoms. The summed E-state index contributed by atoms with van der Waals surface area (Å²) in [5.41, 5.74) is 0. The fraction of sp³-hybridized carbons (Fsp3) is 0.689. The summed E-state index contributed by atoms with van der Waals surface area (Å²) in [6, 6.07) is -0.720. The normalized spacial score (nSPS) is 14.2. The minimum Gasteiger partial charge on any atom is -0.462 e. The van der Waals surface area contributed by atoms with Crippen molar-refractivity contribution in [3.05, 3.63) is 72.9 Å². The zero-order chi connectivity index (χ0) is 37.5. The second-order valence-corrected chi connectivity index (χ2v) is 13.8. The smallest absolute Gasteiger partial charge is 0.306 e. The fourth-order valence-corrected chi connectivity index (χ4v) is 5.75. The molecule has 1 amide bonds. The van der Waals surface area contributed by atoms with Crippen molar-refractivity contribution in [3.63, 3.8) is 0 Å². The number of hydrogen-bond donors (Lipinski definition) is 3. The summed E-state index contributed by atoms with van der Waals surface area (Å²) in [4.78, 5) is 25.8. The average molecular weight is 712 g/mol. The first-order chi connectivity index (χ1) is 25.0. The van der Waals surface area contributed by atoms with E-state index in [2.05, 4.69) is 44.3 Å². The van der Waals surface area contributed by atoms with Gasteiger partial charge in [0.2, 0.25) is 5.91 Å². The number of allylic oxidation sites excluding steroid dienone is 12. The van der Waals surface area contributed by atoms with Crippen molar-refractivity contribution in [2.75, 3.05) is 6.61 Å². The van der Waals surface area contributed by atoms with Crippen LogP contribution in [-0.4, -0.2) is 46.9 Å². The van der Waals surface area contributed by atoms with E-state index in [0.717, 1.165) is 70.6 Å². The van der Waals surface area contributed by atoms with Crippen LogP contribution in [0.1, 0.15) is 175 Å². The molecule has 0 aliphatic carbocycles. The summed E-state index contributed by atoms with van der Waals surface area (Å²) in [5.74, 6) is -0.592. The average Bonchev–Trinajstić information content (AvgIpc) is 3.12. The van der Waals surface area contributed by atoms with Gasteiger partial charge in [-0.05, 0) is 57.8 Å². The number of aliphatic hydroxyl groups excluding tert-OH is 2. The van der Waals surface area contributed by atoms with E-state index in [-0.39, 0.29) is 24.9 Å². The number of nitrogens with one attached hydrogen (secondary N) is 1. The predicted octanol–water partition coefficient (Wildman–Crippen LogP) is 11.5. The number of ether oxygens (including phenoxy) is 1. The molecule has 0 aromatic carbocycles. The largest absolute Gasteiger partial charge is 0.462 e. The summed E-state index contributed by atoms with van der Waals surface area (Å²) in [5, 5.41) is 23.5. The van der Waals surface area contributed by atoms with Crippen LogP contribution in [0.3, 0.4) is 0 Å². The van der Waals surface area contributed by atoms with Crippen LogP contribution in [0.4, 0.5) is 0 Å². The van der Waals surface area contributed by atoms with Gasteiger partial charge in [-0.3, -0.25) is 9.59 Å². The van der Waals surface area contributed by atoms with Gasteiger partial charge in [-0.25, -0.2) is 0 Å². The Labute approximate surface area is 313 Å². The number of carbonyl (C=O) groups excluding carboxylic acids is 2. The van der Waals surface area contributed by atoms with E-state index in [1.807, 2.05) is 54.7 Å². The van der Waals surface area contributed by atoms with E-state index in [0.29, 0.717) is 25.7 Å². The topological polar surface area (TPSA) is 95.9 Å². The highest BCUT2D eigenvalue weighted by atomic mass is 16.5. The number of hydrogen-bond acceptors (Lipinski definition) is 5. The molecule has 6 nitrogen and oxygen atoms in total. The second-order valence-electron chi connectivity index (χ2n) is 13.8. The number of carbonyl (C=O) groups is 2. The lowest BCUT2D eigenvalue weighted by molar-refractivity contribution is -0.151. The molecule has 0 fully saturated rings. The molecular formula is C45H77NO5. The monoisotopic (exact) mass is 712 g/mol. The van der Waals surface area contributed by atoms with E-state index in [9.17, 15) is 19.8 Å². The SMILES string of the molecule is CC/C=C/C=C/C=C\C=C/C=C/CCCC(=O)OC(CCCCC/C=C\CCC)CC(=O)NC(CO)C(O)CCCCCCCCCCCCC. The van der Waals surface area contributed by atoms with Crippen LogP contribution >= 0.6 is 0 Å². The summed E-state index contributed by atoms with van der Waals surface area (Å²) in [6.45, 7) is 6.20.